The molecule has 0 aliphatic heterocycles. The number of rotatable bonds is 7. The van der Waals surface area contributed by atoms with Crippen molar-refractivity contribution in [2.45, 2.75) is 24.5 Å². The molecule has 27 heavy (non-hydrogen) atoms. The number of alkyl halides is 3. The number of nitrogens with one attached hydrogen (secondary N) is 2. The Kier molecular flexibility index (Phi) is 7.02. The molecule has 146 valence electrons. The van der Waals surface area contributed by atoms with E-state index in [2.05, 4.69) is 25.6 Å². The van der Waals surface area contributed by atoms with Gasteiger partial charge in [-0.15, -0.1) is 23.4 Å². The van der Waals surface area contributed by atoms with Crippen LogP contribution in [-0.2, 0) is 9.59 Å². The van der Waals surface area contributed by atoms with Crippen molar-refractivity contribution in [3.05, 3.63) is 24.3 Å². The Morgan fingerprint density at radius 1 is 1.19 bits per heavy atom. The number of nitrogens with zero attached hydrogens (tertiary/aromatic N) is 2. The van der Waals surface area contributed by atoms with Gasteiger partial charge in [0.15, 0.2) is 4.34 Å². The fraction of sp³-hybridized carbons (Fsp3) is 0.333. The van der Waals surface area contributed by atoms with Crippen molar-refractivity contribution in [1.29, 1.82) is 0 Å². The zero-order valence-corrected chi connectivity index (χ0v) is 15.8. The van der Waals surface area contributed by atoms with Crippen molar-refractivity contribution >= 4 is 45.7 Å². The van der Waals surface area contributed by atoms with Crippen LogP contribution in [-0.4, -0.2) is 34.1 Å². The molecule has 0 spiro atoms. The molecule has 7 nitrogen and oxygen atoms in total. The highest BCUT2D eigenvalue weighted by atomic mass is 32.2. The maximum atomic E-state index is 12.1. The Balaban J connectivity index is 1.81. The second-order valence-electron chi connectivity index (χ2n) is 5.43. The van der Waals surface area contributed by atoms with Crippen molar-refractivity contribution in [1.82, 2.24) is 10.2 Å². The summed E-state index contributed by atoms with van der Waals surface area (Å²) in [5.41, 5.74) is 0.331. The van der Waals surface area contributed by atoms with Gasteiger partial charge >= 0.3 is 6.36 Å². The van der Waals surface area contributed by atoms with Crippen molar-refractivity contribution in [3.63, 3.8) is 0 Å². The Morgan fingerprint density at radius 2 is 1.85 bits per heavy atom. The van der Waals surface area contributed by atoms with E-state index in [9.17, 15) is 22.8 Å². The number of hydrogen-bond donors (Lipinski definition) is 2. The fourth-order valence-electron chi connectivity index (χ4n) is 1.63. The van der Waals surface area contributed by atoms with Gasteiger partial charge in [0.2, 0.25) is 16.9 Å². The third kappa shape index (κ3) is 7.43. The number of ether oxygens (including phenoxy) is 1. The lowest BCUT2D eigenvalue weighted by molar-refractivity contribution is -0.274. The molecular formula is C15H15F3N4O3S2. The van der Waals surface area contributed by atoms with Crippen LogP contribution in [0.2, 0.25) is 0 Å². The van der Waals surface area contributed by atoms with Gasteiger partial charge in [0.1, 0.15) is 5.75 Å². The molecule has 0 aliphatic rings. The topological polar surface area (TPSA) is 93.2 Å². The maximum Gasteiger partial charge on any atom is 0.573 e. The zero-order chi connectivity index (χ0) is 20.0. The molecule has 0 aliphatic carbocycles. The number of aromatic nitrogens is 2. The number of benzene rings is 1. The predicted molar refractivity (Wildman–Crippen MR) is 95.9 cm³/mol. The molecule has 0 saturated carbocycles. The molecule has 2 amide bonds. The average molecular weight is 420 g/mol. The van der Waals surface area contributed by atoms with Crippen LogP contribution in [0.3, 0.4) is 0 Å². The molecule has 0 unspecified atom stereocenters. The van der Waals surface area contributed by atoms with Gasteiger partial charge in [-0.1, -0.05) is 36.9 Å². The van der Waals surface area contributed by atoms with Crippen LogP contribution in [0.5, 0.6) is 5.75 Å². The van der Waals surface area contributed by atoms with Crippen LogP contribution in [0, 0.1) is 5.92 Å². The van der Waals surface area contributed by atoms with E-state index in [-0.39, 0.29) is 29.2 Å². The van der Waals surface area contributed by atoms with E-state index in [0.29, 0.717) is 15.2 Å². The standard InChI is InChI=1S/C15H15F3N4O3S2/c1-8(2)12(24)20-13-21-22-14(27-13)26-7-11(23)19-9-3-5-10(6-4-9)25-15(16,17)18/h3-6,8H,7H2,1-2H3,(H,19,23)(H,20,21,24). The van der Waals surface area contributed by atoms with Crippen molar-refractivity contribution < 1.29 is 27.5 Å². The number of carbonyl (C=O) groups is 2. The van der Waals surface area contributed by atoms with Gasteiger partial charge in [-0.2, -0.15) is 0 Å². The summed E-state index contributed by atoms with van der Waals surface area (Å²) in [5, 5.41) is 13.2. The Bertz CT molecular complexity index is 794. The largest absolute Gasteiger partial charge is 0.573 e. The lowest BCUT2D eigenvalue weighted by atomic mass is 10.2. The first kappa shape index (κ1) is 21.0. The highest BCUT2D eigenvalue weighted by molar-refractivity contribution is 8.01. The third-order valence-electron chi connectivity index (χ3n) is 2.86. The highest BCUT2D eigenvalue weighted by Crippen LogP contribution is 2.26. The summed E-state index contributed by atoms with van der Waals surface area (Å²) in [6, 6.07) is 4.80. The van der Waals surface area contributed by atoms with Crippen LogP contribution in [0.15, 0.2) is 28.6 Å². The van der Waals surface area contributed by atoms with Crippen LogP contribution in [0.25, 0.3) is 0 Å². The number of thioether (sulfide) groups is 1. The smallest absolute Gasteiger partial charge is 0.406 e. The molecule has 2 rings (SSSR count). The molecule has 1 aromatic carbocycles. The first-order valence-electron chi connectivity index (χ1n) is 7.55. The SMILES string of the molecule is CC(C)C(=O)Nc1nnc(SCC(=O)Nc2ccc(OC(F)(F)F)cc2)s1. The van der Waals surface area contributed by atoms with Gasteiger partial charge in [0.05, 0.1) is 5.75 Å². The van der Waals surface area contributed by atoms with Crippen molar-refractivity contribution in [3.8, 4) is 5.75 Å². The first-order valence-corrected chi connectivity index (χ1v) is 9.35. The van der Waals surface area contributed by atoms with Gasteiger partial charge < -0.3 is 15.4 Å². The highest BCUT2D eigenvalue weighted by Gasteiger charge is 2.30. The molecule has 0 saturated heterocycles. The van der Waals surface area contributed by atoms with Crippen LogP contribution < -0.4 is 15.4 Å². The van der Waals surface area contributed by atoms with Gasteiger partial charge in [-0.3, -0.25) is 9.59 Å². The molecule has 0 fully saturated rings. The minimum atomic E-state index is -4.77. The fourth-order valence-corrected chi connectivity index (χ4v) is 3.19. The molecule has 1 aromatic heterocycles. The number of hydrogen-bond acceptors (Lipinski definition) is 7. The number of carbonyl (C=O) groups excluding carboxylic acids is 2. The summed E-state index contributed by atoms with van der Waals surface area (Å²) in [7, 11) is 0. The molecule has 2 N–H and O–H groups in total. The first-order chi connectivity index (χ1) is 12.6. The minimum absolute atomic E-state index is 0.0214. The van der Waals surface area contributed by atoms with Gasteiger partial charge in [0.25, 0.3) is 0 Å². The number of halogens is 3. The second kappa shape index (κ2) is 9.04. The lowest BCUT2D eigenvalue weighted by Gasteiger charge is -2.09. The zero-order valence-electron chi connectivity index (χ0n) is 14.2. The molecule has 0 radical (unpaired) electrons. The van der Waals surface area contributed by atoms with E-state index in [0.717, 1.165) is 35.2 Å². The minimum Gasteiger partial charge on any atom is -0.406 e. The van der Waals surface area contributed by atoms with Crippen molar-refractivity contribution in [2.75, 3.05) is 16.4 Å². The summed E-state index contributed by atoms with van der Waals surface area (Å²) >= 11 is 2.26. The molecule has 0 atom stereocenters. The van der Waals surface area contributed by atoms with E-state index in [1.807, 2.05) is 0 Å². The van der Waals surface area contributed by atoms with E-state index in [4.69, 9.17) is 0 Å². The monoisotopic (exact) mass is 420 g/mol. The Hall–Kier alpha value is -2.34. The van der Waals surface area contributed by atoms with E-state index >= 15 is 0 Å². The van der Waals surface area contributed by atoms with E-state index < -0.39 is 6.36 Å². The van der Waals surface area contributed by atoms with Gasteiger partial charge in [0, 0.05) is 11.6 Å². The van der Waals surface area contributed by atoms with E-state index in [1.54, 1.807) is 13.8 Å². The van der Waals surface area contributed by atoms with Gasteiger partial charge in [-0.05, 0) is 24.3 Å². The molecule has 12 heteroatoms. The number of amides is 2. The lowest BCUT2D eigenvalue weighted by Crippen LogP contribution is -2.17. The number of anilines is 2. The van der Waals surface area contributed by atoms with Gasteiger partial charge in [-0.25, -0.2) is 0 Å². The summed E-state index contributed by atoms with van der Waals surface area (Å²) in [6.07, 6.45) is -4.77. The summed E-state index contributed by atoms with van der Waals surface area (Å²) < 4.78 is 40.5. The molecular weight excluding hydrogens is 405 g/mol. The molecule has 0 bridgehead atoms. The third-order valence-corrected chi connectivity index (χ3v) is 4.83. The quantitative estimate of drug-likeness (QED) is 0.523. The molecule has 1 heterocycles. The Morgan fingerprint density at radius 3 is 2.44 bits per heavy atom. The van der Waals surface area contributed by atoms with Crippen LogP contribution in [0.1, 0.15) is 13.8 Å². The summed E-state index contributed by atoms with van der Waals surface area (Å²) in [4.78, 5) is 23.5. The normalized spacial score (nSPS) is 11.3. The van der Waals surface area contributed by atoms with Crippen molar-refractivity contribution in [2.24, 2.45) is 5.92 Å². The second-order valence-corrected chi connectivity index (χ2v) is 7.63. The summed E-state index contributed by atoms with van der Waals surface area (Å²) in [5.74, 6) is -1.10. The van der Waals surface area contributed by atoms with Crippen LogP contribution in [0.4, 0.5) is 24.0 Å². The average Bonchev–Trinajstić information content (AvgIpc) is 3.01. The predicted octanol–water partition coefficient (Wildman–Crippen LogP) is 3.76. The Labute approximate surface area is 160 Å². The summed E-state index contributed by atoms with van der Waals surface area (Å²) in [6.45, 7) is 3.50. The molecule has 2 aromatic rings. The maximum absolute atomic E-state index is 12.1. The van der Waals surface area contributed by atoms with Crippen LogP contribution >= 0.6 is 23.1 Å². The van der Waals surface area contributed by atoms with E-state index in [1.165, 1.54) is 12.1 Å².